The van der Waals surface area contributed by atoms with Crippen molar-refractivity contribution in [2.75, 3.05) is 5.73 Å². The van der Waals surface area contributed by atoms with Gasteiger partial charge in [-0.25, -0.2) is 13.1 Å². The van der Waals surface area contributed by atoms with E-state index in [1.54, 1.807) is 7.05 Å². The third kappa shape index (κ3) is 2.04. The van der Waals surface area contributed by atoms with Gasteiger partial charge >= 0.3 is 0 Å². The summed E-state index contributed by atoms with van der Waals surface area (Å²) in [5, 5.41) is 12.8. The number of aryl methyl sites for hydroxylation is 1. The van der Waals surface area contributed by atoms with Crippen LogP contribution in [-0.2, 0) is 17.1 Å². The predicted octanol–water partition coefficient (Wildman–Crippen LogP) is -1.20. The van der Waals surface area contributed by atoms with E-state index in [0.717, 1.165) is 0 Å². The standard InChI is InChI=1S/C8H14N4O3S/c1-12-4-7(8(9)10-12)16(14,15)11-5-2-6(13)3-5/h4-6,11,13H,2-3H2,1H3,(H2,9,10). The monoisotopic (exact) mass is 246 g/mol. The summed E-state index contributed by atoms with van der Waals surface area (Å²) in [6, 6.07) is -0.209. The molecule has 1 fully saturated rings. The van der Waals surface area contributed by atoms with Crippen LogP contribution >= 0.6 is 0 Å². The van der Waals surface area contributed by atoms with Crippen molar-refractivity contribution < 1.29 is 13.5 Å². The molecule has 1 aromatic heterocycles. The number of sulfonamides is 1. The number of nitrogen functional groups attached to an aromatic ring is 1. The summed E-state index contributed by atoms with van der Waals surface area (Å²) < 4.78 is 27.5. The van der Waals surface area contributed by atoms with E-state index in [4.69, 9.17) is 10.8 Å². The molecule has 0 aliphatic heterocycles. The van der Waals surface area contributed by atoms with Crippen molar-refractivity contribution in [2.45, 2.75) is 29.9 Å². The molecule has 0 unspecified atom stereocenters. The lowest BCUT2D eigenvalue weighted by molar-refractivity contribution is 0.0712. The summed E-state index contributed by atoms with van der Waals surface area (Å²) in [4.78, 5) is -0.0172. The molecular weight excluding hydrogens is 232 g/mol. The molecule has 0 spiro atoms. The number of rotatable bonds is 3. The fraction of sp³-hybridized carbons (Fsp3) is 0.625. The van der Waals surface area contributed by atoms with Gasteiger partial charge in [-0.05, 0) is 12.8 Å². The van der Waals surface area contributed by atoms with Crippen molar-refractivity contribution in [3.63, 3.8) is 0 Å². The van der Waals surface area contributed by atoms with Gasteiger partial charge in [-0.2, -0.15) is 5.10 Å². The molecule has 4 N–H and O–H groups in total. The van der Waals surface area contributed by atoms with Crippen LogP contribution in [0.4, 0.5) is 5.82 Å². The molecule has 0 amide bonds. The second kappa shape index (κ2) is 3.72. The maximum atomic E-state index is 11.9. The van der Waals surface area contributed by atoms with Crippen LogP contribution in [0.25, 0.3) is 0 Å². The number of aliphatic hydroxyl groups is 1. The quantitative estimate of drug-likeness (QED) is 0.620. The number of aromatic nitrogens is 2. The van der Waals surface area contributed by atoms with Gasteiger partial charge in [-0.1, -0.05) is 0 Å². The lowest BCUT2D eigenvalue weighted by Gasteiger charge is -2.31. The molecule has 0 saturated heterocycles. The van der Waals surface area contributed by atoms with Crippen LogP contribution in [0, 0.1) is 0 Å². The number of nitrogens with one attached hydrogen (secondary N) is 1. The minimum atomic E-state index is -3.62. The Bertz CT molecular complexity index is 489. The average Bonchev–Trinajstić information content (AvgIpc) is 2.43. The van der Waals surface area contributed by atoms with E-state index < -0.39 is 16.1 Å². The third-order valence-corrected chi connectivity index (χ3v) is 4.08. The zero-order chi connectivity index (χ0) is 11.9. The van der Waals surface area contributed by atoms with E-state index in [1.807, 2.05) is 0 Å². The molecule has 90 valence electrons. The van der Waals surface area contributed by atoms with Crippen molar-refractivity contribution in [3.05, 3.63) is 6.20 Å². The van der Waals surface area contributed by atoms with Crippen molar-refractivity contribution in [3.8, 4) is 0 Å². The van der Waals surface area contributed by atoms with Gasteiger partial charge in [0.15, 0.2) is 5.82 Å². The molecule has 8 heteroatoms. The molecule has 0 radical (unpaired) electrons. The molecule has 1 aliphatic rings. The Hall–Kier alpha value is -1.12. The topological polar surface area (TPSA) is 110 Å². The summed E-state index contributed by atoms with van der Waals surface area (Å²) in [6.07, 6.45) is 1.84. The zero-order valence-corrected chi connectivity index (χ0v) is 9.61. The number of hydrogen-bond donors (Lipinski definition) is 3. The van der Waals surface area contributed by atoms with Gasteiger partial charge in [0.25, 0.3) is 0 Å². The highest BCUT2D eigenvalue weighted by atomic mass is 32.2. The Morgan fingerprint density at radius 3 is 2.69 bits per heavy atom. The lowest BCUT2D eigenvalue weighted by Crippen LogP contribution is -2.46. The highest BCUT2D eigenvalue weighted by Crippen LogP contribution is 2.23. The van der Waals surface area contributed by atoms with Gasteiger partial charge in [0.1, 0.15) is 4.90 Å². The summed E-state index contributed by atoms with van der Waals surface area (Å²) in [5.74, 6) is -0.0186. The predicted molar refractivity (Wildman–Crippen MR) is 57.0 cm³/mol. The van der Waals surface area contributed by atoms with Crippen LogP contribution in [0.15, 0.2) is 11.1 Å². The van der Waals surface area contributed by atoms with Gasteiger partial charge in [0, 0.05) is 19.3 Å². The first-order chi connectivity index (χ1) is 7.38. The normalized spacial score (nSPS) is 25.4. The maximum absolute atomic E-state index is 11.9. The van der Waals surface area contributed by atoms with E-state index in [-0.39, 0.29) is 16.8 Å². The minimum Gasteiger partial charge on any atom is -0.393 e. The number of hydrogen-bond acceptors (Lipinski definition) is 5. The molecule has 7 nitrogen and oxygen atoms in total. The van der Waals surface area contributed by atoms with E-state index in [0.29, 0.717) is 12.8 Å². The fourth-order valence-corrected chi connectivity index (χ4v) is 3.02. The largest absolute Gasteiger partial charge is 0.393 e. The van der Waals surface area contributed by atoms with Gasteiger partial charge in [-0.15, -0.1) is 0 Å². The van der Waals surface area contributed by atoms with Gasteiger partial charge < -0.3 is 10.8 Å². The molecule has 1 heterocycles. The highest BCUT2D eigenvalue weighted by molar-refractivity contribution is 7.89. The van der Waals surface area contributed by atoms with Gasteiger partial charge in [0.2, 0.25) is 10.0 Å². The molecule has 1 aromatic rings. The van der Waals surface area contributed by atoms with Crippen LogP contribution in [-0.4, -0.2) is 35.5 Å². The third-order valence-electron chi connectivity index (χ3n) is 2.55. The lowest BCUT2D eigenvalue weighted by atomic mass is 9.91. The van der Waals surface area contributed by atoms with Crippen molar-refractivity contribution in [2.24, 2.45) is 7.05 Å². The summed E-state index contributed by atoms with van der Waals surface area (Å²) in [6.45, 7) is 0. The molecule has 1 aliphatic carbocycles. The number of nitrogens with zero attached hydrogens (tertiary/aromatic N) is 2. The van der Waals surface area contributed by atoms with E-state index in [9.17, 15) is 8.42 Å². The second-order valence-electron chi connectivity index (χ2n) is 4.00. The van der Waals surface area contributed by atoms with Gasteiger partial charge in [0.05, 0.1) is 6.10 Å². The first kappa shape index (κ1) is 11.4. The second-order valence-corrected chi connectivity index (χ2v) is 5.68. The highest BCUT2D eigenvalue weighted by Gasteiger charge is 2.32. The molecule has 16 heavy (non-hydrogen) atoms. The van der Waals surface area contributed by atoms with Crippen molar-refractivity contribution >= 4 is 15.8 Å². The number of aliphatic hydroxyl groups excluding tert-OH is 1. The Labute approximate surface area is 93.3 Å². The van der Waals surface area contributed by atoms with Crippen molar-refractivity contribution in [1.29, 1.82) is 0 Å². The number of nitrogens with two attached hydrogens (primary N) is 1. The van der Waals surface area contributed by atoms with Crippen molar-refractivity contribution in [1.82, 2.24) is 14.5 Å². The van der Waals surface area contributed by atoms with Crippen LogP contribution in [0.3, 0.4) is 0 Å². The minimum absolute atomic E-state index is 0.0172. The first-order valence-electron chi connectivity index (χ1n) is 4.88. The van der Waals surface area contributed by atoms with Crippen LogP contribution in [0.5, 0.6) is 0 Å². The average molecular weight is 246 g/mol. The maximum Gasteiger partial charge on any atom is 0.246 e. The molecule has 2 rings (SSSR count). The molecule has 1 saturated carbocycles. The zero-order valence-electron chi connectivity index (χ0n) is 8.79. The summed E-state index contributed by atoms with van der Waals surface area (Å²) in [5.41, 5.74) is 5.49. The fourth-order valence-electron chi connectivity index (χ4n) is 1.66. The van der Waals surface area contributed by atoms with E-state index in [2.05, 4.69) is 9.82 Å². The number of anilines is 1. The van der Waals surface area contributed by atoms with Gasteiger partial charge in [-0.3, -0.25) is 4.68 Å². The Morgan fingerprint density at radius 1 is 1.62 bits per heavy atom. The Kier molecular flexibility index (Phi) is 2.64. The van der Waals surface area contributed by atoms with E-state index >= 15 is 0 Å². The van der Waals surface area contributed by atoms with E-state index in [1.165, 1.54) is 10.9 Å². The molecule has 0 bridgehead atoms. The Morgan fingerprint density at radius 2 is 2.25 bits per heavy atom. The van der Waals surface area contributed by atoms with Crippen LogP contribution in [0.1, 0.15) is 12.8 Å². The molecular formula is C8H14N4O3S. The first-order valence-corrected chi connectivity index (χ1v) is 6.36. The van der Waals surface area contributed by atoms with Crippen LogP contribution < -0.4 is 10.5 Å². The summed E-state index contributed by atoms with van der Waals surface area (Å²) >= 11 is 0. The SMILES string of the molecule is Cn1cc(S(=O)(=O)NC2CC(O)C2)c(N)n1. The molecule has 0 atom stereocenters. The van der Waals surface area contributed by atoms with Crippen LogP contribution in [0.2, 0.25) is 0 Å². The smallest absolute Gasteiger partial charge is 0.246 e. The summed E-state index contributed by atoms with van der Waals surface area (Å²) in [7, 11) is -2.02. The Balaban J connectivity index is 2.16. The molecule has 0 aromatic carbocycles.